The highest BCUT2D eigenvalue weighted by Crippen LogP contribution is 2.32. The van der Waals surface area contributed by atoms with E-state index in [-0.39, 0.29) is 5.41 Å². The van der Waals surface area contributed by atoms with Gasteiger partial charge in [0.1, 0.15) is 0 Å². The van der Waals surface area contributed by atoms with Crippen LogP contribution in [0.4, 0.5) is 5.13 Å². The third-order valence-corrected chi connectivity index (χ3v) is 3.87. The van der Waals surface area contributed by atoms with E-state index >= 15 is 0 Å². The van der Waals surface area contributed by atoms with E-state index in [4.69, 9.17) is 5.73 Å². The van der Waals surface area contributed by atoms with Crippen LogP contribution in [-0.2, 0) is 11.8 Å². The lowest BCUT2D eigenvalue weighted by Gasteiger charge is -2.17. The maximum atomic E-state index is 5.84. The van der Waals surface area contributed by atoms with Gasteiger partial charge in [0, 0.05) is 33.6 Å². The molecule has 0 amide bonds. The third-order valence-electron chi connectivity index (χ3n) is 2.55. The minimum atomic E-state index is 0.0168. The lowest BCUT2D eigenvalue weighted by molar-refractivity contribution is 0.568. The molecular formula is C13H16BrN3S. The molecule has 0 saturated heterocycles. The fraction of sp³-hybridized carbons (Fsp3) is 0.385. The Balaban J connectivity index is 2.35. The number of hydrogen-bond acceptors (Lipinski definition) is 4. The number of nitrogens with two attached hydrogens (primary N) is 1. The van der Waals surface area contributed by atoms with Gasteiger partial charge in [-0.25, -0.2) is 4.98 Å². The molecule has 2 rings (SSSR count). The number of nitrogen functional groups attached to an aromatic ring is 1. The minimum absolute atomic E-state index is 0.0168. The minimum Gasteiger partial charge on any atom is -0.375 e. The van der Waals surface area contributed by atoms with E-state index < -0.39 is 0 Å². The summed E-state index contributed by atoms with van der Waals surface area (Å²) in [5, 5.41) is 0.637. The molecule has 0 fully saturated rings. The van der Waals surface area contributed by atoms with Crippen LogP contribution >= 0.6 is 27.3 Å². The van der Waals surface area contributed by atoms with E-state index in [0.717, 1.165) is 16.6 Å². The third kappa shape index (κ3) is 3.09. The molecule has 0 aliphatic heterocycles. The molecule has 18 heavy (non-hydrogen) atoms. The monoisotopic (exact) mass is 325 g/mol. The fourth-order valence-electron chi connectivity index (χ4n) is 1.81. The molecular weight excluding hydrogens is 310 g/mol. The highest BCUT2D eigenvalue weighted by Gasteiger charge is 2.22. The Kier molecular flexibility index (Phi) is 3.73. The predicted octanol–water partition coefficient (Wildman–Crippen LogP) is 3.77. The molecule has 0 atom stereocenters. The number of hydrogen-bond donors (Lipinski definition) is 1. The molecule has 0 unspecified atom stereocenters. The molecule has 2 N–H and O–H groups in total. The lowest BCUT2D eigenvalue weighted by atomic mass is 9.90. The summed E-state index contributed by atoms with van der Waals surface area (Å²) in [5.74, 6) is 0. The van der Waals surface area contributed by atoms with Crippen LogP contribution in [0.2, 0.25) is 0 Å². The largest absolute Gasteiger partial charge is 0.375 e. The second kappa shape index (κ2) is 4.97. The van der Waals surface area contributed by atoms with Gasteiger partial charge in [0.05, 0.1) is 5.69 Å². The predicted molar refractivity (Wildman–Crippen MR) is 80.0 cm³/mol. The highest BCUT2D eigenvalue weighted by atomic mass is 79.9. The first kappa shape index (κ1) is 13.5. The summed E-state index contributed by atoms with van der Waals surface area (Å²) in [5.41, 5.74) is 8.11. The summed E-state index contributed by atoms with van der Waals surface area (Å²) in [6, 6.07) is 2.08. The number of pyridine rings is 1. The van der Waals surface area contributed by atoms with Crippen molar-refractivity contribution in [1.82, 2.24) is 9.97 Å². The zero-order valence-corrected chi connectivity index (χ0v) is 13.1. The number of halogens is 1. The maximum Gasteiger partial charge on any atom is 0.180 e. The first-order chi connectivity index (χ1) is 8.36. The molecule has 2 heterocycles. The van der Waals surface area contributed by atoms with Crippen molar-refractivity contribution in [2.75, 3.05) is 5.73 Å². The first-order valence-corrected chi connectivity index (χ1v) is 7.32. The molecule has 0 saturated carbocycles. The topological polar surface area (TPSA) is 51.8 Å². The molecule has 0 aromatic carbocycles. The van der Waals surface area contributed by atoms with Crippen LogP contribution in [-0.4, -0.2) is 9.97 Å². The van der Waals surface area contributed by atoms with Gasteiger partial charge in [-0.1, -0.05) is 20.8 Å². The van der Waals surface area contributed by atoms with Crippen LogP contribution in [0.3, 0.4) is 0 Å². The van der Waals surface area contributed by atoms with Crippen molar-refractivity contribution in [1.29, 1.82) is 0 Å². The fourth-order valence-corrected chi connectivity index (χ4v) is 3.30. The molecule has 0 radical (unpaired) electrons. The van der Waals surface area contributed by atoms with Gasteiger partial charge in [-0.2, -0.15) is 0 Å². The average molecular weight is 326 g/mol. The summed E-state index contributed by atoms with van der Waals surface area (Å²) in [7, 11) is 0. The Morgan fingerprint density at radius 3 is 2.67 bits per heavy atom. The standard InChI is InChI=1S/C13H16BrN3S/c1-13(2,3)11-10(18-12(15)17-11)5-8-4-9(14)7-16-6-8/h4,6-7H,5H2,1-3H3,(H2,15,17). The summed E-state index contributed by atoms with van der Waals surface area (Å²) in [4.78, 5) is 9.87. The summed E-state index contributed by atoms with van der Waals surface area (Å²) >= 11 is 5.00. The number of thiazole rings is 1. The van der Waals surface area contributed by atoms with Gasteiger partial charge in [-0.3, -0.25) is 4.98 Å². The van der Waals surface area contributed by atoms with Gasteiger partial charge in [-0.05, 0) is 27.6 Å². The number of rotatable bonds is 2. The second-order valence-electron chi connectivity index (χ2n) is 5.26. The van der Waals surface area contributed by atoms with Gasteiger partial charge in [0.15, 0.2) is 5.13 Å². The Morgan fingerprint density at radius 2 is 2.06 bits per heavy atom. The maximum absolute atomic E-state index is 5.84. The zero-order valence-electron chi connectivity index (χ0n) is 10.7. The first-order valence-electron chi connectivity index (χ1n) is 5.71. The Hall–Kier alpha value is -0.940. The Labute approximate surface area is 120 Å². The van der Waals surface area contributed by atoms with Crippen LogP contribution < -0.4 is 5.73 Å². The van der Waals surface area contributed by atoms with Crippen molar-refractivity contribution in [2.45, 2.75) is 32.6 Å². The Morgan fingerprint density at radius 1 is 1.33 bits per heavy atom. The van der Waals surface area contributed by atoms with Crippen LogP contribution in [0.5, 0.6) is 0 Å². The summed E-state index contributed by atoms with van der Waals surface area (Å²) in [6.07, 6.45) is 4.50. The van der Waals surface area contributed by atoms with Crippen LogP contribution in [0.1, 0.15) is 36.9 Å². The lowest BCUT2D eigenvalue weighted by Crippen LogP contribution is -2.14. The average Bonchev–Trinajstić information content (AvgIpc) is 2.59. The molecule has 2 aromatic heterocycles. The van der Waals surface area contributed by atoms with Gasteiger partial charge in [0.25, 0.3) is 0 Å². The zero-order chi connectivity index (χ0) is 13.3. The van der Waals surface area contributed by atoms with Crippen molar-refractivity contribution >= 4 is 32.4 Å². The van der Waals surface area contributed by atoms with E-state index in [9.17, 15) is 0 Å². The molecule has 2 aromatic rings. The van der Waals surface area contributed by atoms with E-state index in [2.05, 4.69) is 52.7 Å². The van der Waals surface area contributed by atoms with Crippen molar-refractivity contribution in [2.24, 2.45) is 0 Å². The van der Waals surface area contributed by atoms with Gasteiger partial charge >= 0.3 is 0 Å². The smallest absolute Gasteiger partial charge is 0.180 e. The van der Waals surface area contributed by atoms with E-state index in [1.54, 1.807) is 17.5 Å². The normalized spacial score (nSPS) is 11.8. The quantitative estimate of drug-likeness (QED) is 0.914. The van der Waals surface area contributed by atoms with Crippen LogP contribution in [0.15, 0.2) is 22.9 Å². The summed E-state index contributed by atoms with van der Waals surface area (Å²) in [6.45, 7) is 6.47. The van der Waals surface area contributed by atoms with E-state index in [0.29, 0.717) is 5.13 Å². The van der Waals surface area contributed by atoms with E-state index in [1.165, 1.54) is 10.4 Å². The van der Waals surface area contributed by atoms with Gasteiger partial charge in [-0.15, -0.1) is 11.3 Å². The van der Waals surface area contributed by atoms with Crippen molar-refractivity contribution in [3.63, 3.8) is 0 Å². The molecule has 0 spiro atoms. The molecule has 0 aliphatic rings. The molecule has 3 nitrogen and oxygen atoms in total. The van der Waals surface area contributed by atoms with Crippen molar-refractivity contribution < 1.29 is 0 Å². The highest BCUT2D eigenvalue weighted by molar-refractivity contribution is 9.10. The van der Waals surface area contributed by atoms with Crippen LogP contribution in [0, 0.1) is 0 Å². The number of anilines is 1. The van der Waals surface area contributed by atoms with Crippen molar-refractivity contribution in [3.05, 3.63) is 39.1 Å². The molecule has 0 aliphatic carbocycles. The Bertz CT molecular complexity index is 558. The number of nitrogens with zero attached hydrogens (tertiary/aromatic N) is 2. The molecule has 5 heteroatoms. The summed E-state index contributed by atoms with van der Waals surface area (Å²) < 4.78 is 0.995. The molecule has 96 valence electrons. The number of aromatic nitrogens is 2. The SMILES string of the molecule is CC(C)(C)c1nc(N)sc1Cc1cncc(Br)c1. The van der Waals surface area contributed by atoms with E-state index in [1.807, 2.05) is 6.20 Å². The van der Waals surface area contributed by atoms with Gasteiger partial charge < -0.3 is 5.73 Å². The van der Waals surface area contributed by atoms with Crippen molar-refractivity contribution in [3.8, 4) is 0 Å². The second-order valence-corrected chi connectivity index (χ2v) is 7.29. The van der Waals surface area contributed by atoms with Gasteiger partial charge in [0.2, 0.25) is 0 Å². The van der Waals surface area contributed by atoms with Crippen LogP contribution in [0.25, 0.3) is 0 Å². The molecule has 0 bridgehead atoms.